The van der Waals surface area contributed by atoms with Crippen molar-refractivity contribution in [2.45, 2.75) is 39.7 Å². The molecule has 0 spiro atoms. The Morgan fingerprint density at radius 2 is 1.89 bits per heavy atom. The molecule has 1 rings (SSSR count). The predicted octanol–water partition coefficient (Wildman–Crippen LogP) is 3.37. The molecule has 0 atom stereocenters. The van der Waals surface area contributed by atoms with Gasteiger partial charge in [0.05, 0.1) is 6.61 Å². The van der Waals surface area contributed by atoms with Gasteiger partial charge in [0.2, 0.25) is 0 Å². The molecule has 0 heterocycles. The van der Waals surface area contributed by atoms with E-state index in [0.29, 0.717) is 13.2 Å². The molecule has 2 N–H and O–H groups in total. The van der Waals surface area contributed by atoms with Gasteiger partial charge >= 0.3 is 0 Å². The van der Waals surface area contributed by atoms with Crippen molar-refractivity contribution < 1.29 is 9.47 Å². The molecular formula is C16H27NO2. The van der Waals surface area contributed by atoms with Gasteiger partial charge in [-0.05, 0) is 36.5 Å². The number of hydrogen-bond acceptors (Lipinski definition) is 3. The summed E-state index contributed by atoms with van der Waals surface area (Å²) in [4.78, 5) is 0. The summed E-state index contributed by atoms with van der Waals surface area (Å²) in [6, 6.07) is 7.93. The molecule has 3 nitrogen and oxygen atoms in total. The van der Waals surface area contributed by atoms with E-state index in [1.807, 2.05) is 24.3 Å². The van der Waals surface area contributed by atoms with E-state index in [1.54, 1.807) is 0 Å². The van der Waals surface area contributed by atoms with E-state index in [0.717, 1.165) is 43.3 Å². The van der Waals surface area contributed by atoms with Gasteiger partial charge in [-0.15, -0.1) is 0 Å². The van der Waals surface area contributed by atoms with Gasteiger partial charge in [-0.3, -0.25) is 0 Å². The van der Waals surface area contributed by atoms with Crippen LogP contribution in [0.3, 0.4) is 0 Å². The minimum atomic E-state index is 0.552. The fourth-order valence-electron chi connectivity index (χ4n) is 1.81. The maximum Gasteiger partial charge on any atom is 0.119 e. The average Bonchev–Trinajstić information content (AvgIpc) is 2.41. The molecule has 0 aliphatic carbocycles. The first kappa shape index (κ1) is 16.0. The fourth-order valence-corrected chi connectivity index (χ4v) is 1.81. The third kappa shape index (κ3) is 7.85. The smallest absolute Gasteiger partial charge is 0.119 e. The van der Waals surface area contributed by atoms with Gasteiger partial charge < -0.3 is 15.2 Å². The van der Waals surface area contributed by atoms with Crippen LogP contribution < -0.4 is 10.5 Å². The SMILES string of the molecule is CC(C)CCCOCCCOc1cccc(CN)c1. The Kier molecular flexibility index (Phi) is 8.26. The molecule has 0 amide bonds. The molecule has 0 unspecified atom stereocenters. The standard InChI is InChI=1S/C16H27NO2/c1-14(2)6-4-9-18-10-5-11-19-16-8-3-7-15(12-16)13-17/h3,7-8,12,14H,4-6,9-11,13,17H2,1-2H3. The minimum Gasteiger partial charge on any atom is -0.493 e. The van der Waals surface area contributed by atoms with Gasteiger partial charge in [0.1, 0.15) is 5.75 Å². The molecule has 0 fully saturated rings. The Balaban J connectivity index is 2.01. The van der Waals surface area contributed by atoms with Crippen molar-refractivity contribution in [3.05, 3.63) is 29.8 Å². The molecule has 19 heavy (non-hydrogen) atoms. The van der Waals surface area contributed by atoms with Gasteiger partial charge in [0, 0.05) is 26.2 Å². The third-order valence-electron chi connectivity index (χ3n) is 2.91. The molecule has 0 aromatic heterocycles. The maximum atomic E-state index is 5.66. The number of ether oxygens (including phenoxy) is 2. The first-order valence-electron chi connectivity index (χ1n) is 7.22. The van der Waals surface area contributed by atoms with Gasteiger partial charge in [0.25, 0.3) is 0 Å². The fraction of sp³-hybridized carbons (Fsp3) is 0.625. The van der Waals surface area contributed by atoms with Crippen molar-refractivity contribution in [3.8, 4) is 5.75 Å². The third-order valence-corrected chi connectivity index (χ3v) is 2.91. The van der Waals surface area contributed by atoms with Crippen molar-refractivity contribution in [2.24, 2.45) is 11.7 Å². The summed E-state index contributed by atoms with van der Waals surface area (Å²) in [5.41, 5.74) is 6.69. The monoisotopic (exact) mass is 265 g/mol. The highest BCUT2D eigenvalue weighted by atomic mass is 16.5. The zero-order chi connectivity index (χ0) is 13.9. The van der Waals surface area contributed by atoms with E-state index in [9.17, 15) is 0 Å². The summed E-state index contributed by atoms with van der Waals surface area (Å²) < 4.78 is 11.2. The molecule has 3 heteroatoms. The molecule has 108 valence electrons. The highest BCUT2D eigenvalue weighted by molar-refractivity contribution is 5.28. The van der Waals surface area contributed by atoms with E-state index in [1.165, 1.54) is 6.42 Å². The minimum absolute atomic E-state index is 0.552. The zero-order valence-electron chi connectivity index (χ0n) is 12.2. The van der Waals surface area contributed by atoms with Gasteiger partial charge in [0.15, 0.2) is 0 Å². The summed E-state index contributed by atoms with van der Waals surface area (Å²) in [5, 5.41) is 0. The van der Waals surface area contributed by atoms with Crippen LogP contribution in [0, 0.1) is 5.92 Å². The van der Waals surface area contributed by atoms with Gasteiger partial charge in [-0.2, -0.15) is 0 Å². The molecule has 1 aromatic carbocycles. The van der Waals surface area contributed by atoms with Crippen LogP contribution in [-0.2, 0) is 11.3 Å². The zero-order valence-corrected chi connectivity index (χ0v) is 12.2. The maximum absolute atomic E-state index is 5.66. The number of benzene rings is 1. The number of nitrogens with two attached hydrogens (primary N) is 1. The topological polar surface area (TPSA) is 44.5 Å². The van der Waals surface area contributed by atoms with Crippen LogP contribution in [0.15, 0.2) is 24.3 Å². The first-order valence-corrected chi connectivity index (χ1v) is 7.22. The van der Waals surface area contributed by atoms with Crippen molar-refractivity contribution >= 4 is 0 Å². The van der Waals surface area contributed by atoms with Crippen LogP contribution in [-0.4, -0.2) is 19.8 Å². The molecule has 1 aromatic rings. The van der Waals surface area contributed by atoms with E-state index in [4.69, 9.17) is 15.2 Å². The second-order valence-electron chi connectivity index (χ2n) is 5.20. The lowest BCUT2D eigenvalue weighted by Gasteiger charge is -2.08. The molecule has 0 radical (unpaired) electrons. The van der Waals surface area contributed by atoms with Gasteiger partial charge in [-0.25, -0.2) is 0 Å². The summed E-state index contributed by atoms with van der Waals surface area (Å²) >= 11 is 0. The lowest BCUT2D eigenvalue weighted by Crippen LogP contribution is -2.05. The van der Waals surface area contributed by atoms with Crippen molar-refractivity contribution in [1.82, 2.24) is 0 Å². The second-order valence-corrected chi connectivity index (χ2v) is 5.20. The van der Waals surface area contributed by atoms with E-state index < -0.39 is 0 Å². The molecule has 0 aliphatic heterocycles. The van der Waals surface area contributed by atoms with Crippen LogP contribution in [0.4, 0.5) is 0 Å². The quantitative estimate of drug-likeness (QED) is 0.660. The molecular weight excluding hydrogens is 238 g/mol. The first-order chi connectivity index (χ1) is 9.22. The second kappa shape index (κ2) is 9.82. The van der Waals surface area contributed by atoms with E-state index in [-0.39, 0.29) is 0 Å². The lowest BCUT2D eigenvalue weighted by molar-refractivity contribution is 0.114. The van der Waals surface area contributed by atoms with E-state index in [2.05, 4.69) is 13.8 Å². The number of hydrogen-bond donors (Lipinski definition) is 1. The Bertz CT molecular complexity index is 339. The van der Waals surface area contributed by atoms with Crippen LogP contribution in [0.5, 0.6) is 5.75 Å². The normalized spacial score (nSPS) is 10.9. The Labute approximate surface area is 117 Å². The highest BCUT2D eigenvalue weighted by Gasteiger charge is 1.97. The van der Waals surface area contributed by atoms with E-state index >= 15 is 0 Å². The summed E-state index contributed by atoms with van der Waals surface area (Å²) in [5.74, 6) is 1.66. The van der Waals surface area contributed by atoms with Crippen LogP contribution >= 0.6 is 0 Å². The largest absolute Gasteiger partial charge is 0.493 e. The predicted molar refractivity (Wildman–Crippen MR) is 79.3 cm³/mol. The Morgan fingerprint density at radius 3 is 2.63 bits per heavy atom. The Morgan fingerprint density at radius 1 is 1.11 bits per heavy atom. The van der Waals surface area contributed by atoms with Crippen molar-refractivity contribution in [2.75, 3.05) is 19.8 Å². The van der Waals surface area contributed by atoms with Crippen LogP contribution in [0.25, 0.3) is 0 Å². The molecule has 0 aliphatic rings. The van der Waals surface area contributed by atoms with Crippen molar-refractivity contribution in [1.29, 1.82) is 0 Å². The molecule has 0 saturated heterocycles. The highest BCUT2D eigenvalue weighted by Crippen LogP contribution is 2.13. The molecule has 0 bridgehead atoms. The number of rotatable bonds is 10. The van der Waals surface area contributed by atoms with Crippen LogP contribution in [0.2, 0.25) is 0 Å². The summed E-state index contributed by atoms with van der Waals surface area (Å²) in [6.45, 7) is 7.36. The van der Waals surface area contributed by atoms with Crippen molar-refractivity contribution in [3.63, 3.8) is 0 Å². The lowest BCUT2D eigenvalue weighted by atomic mass is 10.1. The summed E-state index contributed by atoms with van der Waals surface area (Å²) in [6.07, 6.45) is 3.31. The molecule has 0 saturated carbocycles. The Hall–Kier alpha value is -1.06. The summed E-state index contributed by atoms with van der Waals surface area (Å²) in [7, 11) is 0. The van der Waals surface area contributed by atoms with Gasteiger partial charge in [-0.1, -0.05) is 26.0 Å². The van der Waals surface area contributed by atoms with Crippen LogP contribution in [0.1, 0.15) is 38.7 Å². The average molecular weight is 265 g/mol.